The predicted molar refractivity (Wildman–Crippen MR) is 63.9 cm³/mol. The van der Waals surface area contributed by atoms with Gasteiger partial charge in [0.2, 0.25) is 0 Å². The quantitative estimate of drug-likeness (QED) is 0.174. The van der Waals surface area contributed by atoms with Gasteiger partial charge in [0.05, 0.1) is 0 Å². The molecule has 0 radical (unpaired) electrons. The van der Waals surface area contributed by atoms with Crippen LogP contribution in [0, 0.1) is 0 Å². The third-order valence-corrected chi connectivity index (χ3v) is 0. The molecule has 11 heavy (non-hydrogen) atoms. The summed E-state index contributed by atoms with van der Waals surface area (Å²) in [5.41, 5.74) is 32.8. The maximum absolute atomic E-state index is 4.69. The number of hydrogen-bond acceptors (Lipinski definition) is 7. The highest BCUT2D eigenvalue weighted by molar-refractivity contribution is 15.0. The zero-order chi connectivity index (χ0) is 10.1. The van der Waals surface area contributed by atoms with Crippen molar-refractivity contribution in [2.45, 2.75) is 12.2 Å². The van der Waals surface area contributed by atoms with Crippen molar-refractivity contribution in [3.8, 4) is 0 Å². The fraction of sp³-hybridized carbons (Fsp3) is 1.00. The van der Waals surface area contributed by atoms with Crippen molar-refractivity contribution in [3.63, 3.8) is 0 Å². The third-order valence-electron chi connectivity index (χ3n) is 0. The molecule has 0 rings (SSSR count). The van der Waals surface area contributed by atoms with Crippen LogP contribution < -0.4 is 40.1 Å². The molecule has 0 amide bonds. The summed E-state index contributed by atoms with van der Waals surface area (Å²) in [6, 6.07) is 0. The molecule has 0 saturated carbocycles. The Morgan fingerprint density at radius 2 is 0.818 bits per heavy atom. The lowest BCUT2D eigenvalue weighted by molar-refractivity contribution is 0.484. The van der Waals surface area contributed by atoms with Gasteiger partial charge in [0.1, 0.15) is 6.29 Å². The van der Waals surface area contributed by atoms with Crippen LogP contribution in [0.15, 0.2) is 0 Å². The van der Waals surface area contributed by atoms with Gasteiger partial charge in [0, 0.05) is 37.2 Å². The van der Waals surface area contributed by atoms with E-state index in [2.05, 4.69) is 77.4 Å². The number of hydrogen-bond donors (Lipinski definition) is 7. The molecule has 0 aliphatic heterocycles. The Morgan fingerprint density at radius 3 is 0.818 bits per heavy atom. The summed E-state index contributed by atoms with van der Waals surface area (Å²) in [5.74, 6) is -1.50. The molecule has 0 spiro atoms. The Morgan fingerprint density at radius 1 is 0.818 bits per heavy atom. The first kappa shape index (κ1) is 18.1. The van der Waals surface area contributed by atoms with Crippen LogP contribution in [-0.4, -0.2) is 12.2 Å². The van der Waals surface area contributed by atoms with Crippen molar-refractivity contribution >= 4 is 37.2 Å². The highest BCUT2D eigenvalue weighted by Gasteiger charge is 1.96. The molecule has 0 aliphatic carbocycles. The molecule has 0 atom stereocenters. The van der Waals surface area contributed by atoms with Crippen molar-refractivity contribution < 1.29 is 0 Å². The molecule has 7 nitrogen and oxygen atoms in total. The van der Waals surface area contributed by atoms with E-state index in [1.807, 2.05) is 0 Å². The lowest BCUT2D eigenvalue weighted by Gasteiger charge is -2.07. The molecule has 0 heterocycles. The molecule has 0 aromatic heterocycles. The molecule has 72 valence electrons. The lowest BCUT2D eigenvalue weighted by Crippen LogP contribution is -2.65. The second-order valence-corrected chi connectivity index (χ2v) is 1.58. The van der Waals surface area contributed by atoms with Crippen LogP contribution in [0.2, 0.25) is 0 Å². The SMILES string of the molecule is II.NC(N)(N)N.NC(N)N. The van der Waals surface area contributed by atoms with Gasteiger partial charge >= 0.3 is 0 Å². The van der Waals surface area contributed by atoms with E-state index in [9.17, 15) is 0 Å². The second kappa shape index (κ2) is 11.2. The van der Waals surface area contributed by atoms with Gasteiger partial charge in [0.25, 0.3) is 0 Å². The first-order valence-electron chi connectivity index (χ1n) is 2.30. The summed E-state index contributed by atoms with van der Waals surface area (Å²) in [7, 11) is 0. The fourth-order valence-electron chi connectivity index (χ4n) is 0. The topological polar surface area (TPSA) is 182 Å². The smallest absolute Gasteiger partial charge is 0.171 e. The molecular formula is C2H15I2N7. The average Bonchev–Trinajstić information content (AvgIpc) is 1.63. The zero-order valence-corrected chi connectivity index (χ0v) is 10.2. The first-order valence-corrected chi connectivity index (χ1v) is 8.58. The Balaban J connectivity index is -0.0000000965. The summed E-state index contributed by atoms with van der Waals surface area (Å²) in [6.45, 7) is 0. The van der Waals surface area contributed by atoms with Crippen LogP contribution in [0.3, 0.4) is 0 Å². The van der Waals surface area contributed by atoms with Crippen LogP contribution in [0.25, 0.3) is 0 Å². The Kier molecular flexibility index (Phi) is 18.4. The average molecular weight is 391 g/mol. The van der Waals surface area contributed by atoms with Gasteiger partial charge in [-0.2, -0.15) is 0 Å². The van der Waals surface area contributed by atoms with E-state index in [4.69, 9.17) is 0 Å². The van der Waals surface area contributed by atoms with Gasteiger partial charge in [-0.1, -0.05) is 0 Å². The maximum atomic E-state index is 4.69. The van der Waals surface area contributed by atoms with Gasteiger partial charge in [-0.25, -0.2) is 0 Å². The van der Waals surface area contributed by atoms with E-state index in [1.165, 1.54) is 0 Å². The standard InChI is InChI=1S/CH8N4.CH7N3.I2/c2-1(3,4)5;2-1(3)4;1-2/h2-5H2;1H,2-4H2;. The lowest BCUT2D eigenvalue weighted by atomic mass is 10.8. The van der Waals surface area contributed by atoms with Crippen LogP contribution in [0.1, 0.15) is 0 Å². The Labute approximate surface area is 89.1 Å². The molecule has 0 aromatic carbocycles. The third kappa shape index (κ3) is 677. The monoisotopic (exact) mass is 391 g/mol. The summed E-state index contributed by atoms with van der Waals surface area (Å²) in [4.78, 5) is 0. The minimum absolute atomic E-state index is 0.667. The van der Waals surface area contributed by atoms with Crippen LogP contribution in [-0.2, 0) is 0 Å². The molecular weight excluding hydrogens is 376 g/mol. The maximum Gasteiger partial charge on any atom is 0.171 e. The normalized spacial score (nSPS) is 9.27. The Bertz CT molecular complexity index is 51.2. The number of rotatable bonds is 0. The van der Waals surface area contributed by atoms with Crippen molar-refractivity contribution in [3.05, 3.63) is 0 Å². The summed E-state index contributed by atoms with van der Waals surface area (Å²) < 4.78 is 0. The molecule has 9 heteroatoms. The van der Waals surface area contributed by atoms with Gasteiger partial charge < -0.3 is 17.2 Å². The molecule has 0 aromatic rings. The first-order chi connectivity index (χ1) is 4.73. The minimum Gasteiger partial charge on any atom is -0.304 e. The van der Waals surface area contributed by atoms with Gasteiger partial charge in [-0.15, -0.1) is 0 Å². The van der Waals surface area contributed by atoms with E-state index in [1.54, 1.807) is 0 Å². The van der Waals surface area contributed by atoms with E-state index in [0.717, 1.165) is 0 Å². The van der Waals surface area contributed by atoms with E-state index in [-0.39, 0.29) is 0 Å². The zero-order valence-electron chi connectivity index (χ0n) is 5.87. The minimum atomic E-state index is -1.50. The van der Waals surface area contributed by atoms with Gasteiger partial charge in [-0.3, -0.25) is 22.9 Å². The van der Waals surface area contributed by atoms with Crippen LogP contribution in [0.4, 0.5) is 0 Å². The molecule has 0 bridgehead atoms. The second-order valence-electron chi connectivity index (χ2n) is 1.58. The van der Waals surface area contributed by atoms with Crippen LogP contribution in [0.5, 0.6) is 0 Å². The van der Waals surface area contributed by atoms with Crippen LogP contribution >= 0.6 is 37.2 Å². The van der Waals surface area contributed by atoms with E-state index < -0.39 is 12.2 Å². The predicted octanol–water partition coefficient (Wildman–Crippen LogP) is -2.65. The fourth-order valence-corrected chi connectivity index (χ4v) is 0. The van der Waals surface area contributed by atoms with E-state index in [0.29, 0.717) is 0 Å². The van der Waals surface area contributed by atoms with Crippen molar-refractivity contribution in [2.24, 2.45) is 40.1 Å². The highest BCUT2D eigenvalue weighted by Crippen LogP contribution is 1.89. The van der Waals surface area contributed by atoms with E-state index >= 15 is 0 Å². The summed E-state index contributed by atoms with van der Waals surface area (Å²) in [6.07, 6.45) is -0.667. The largest absolute Gasteiger partial charge is 0.304 e. The molecule has 0 saturated heterocycles. The summed E-state index contributed by atoms with van der Waals surface area (Å²) >= 11 is 4.24. The summed E-state index contributed by atoms with van der Waals surface area (Å²) in [5, 5.41) is 0. The highest BCUT2D eigenvalue weighted by atomic mass is 128. The number of halogens is 2. The Hall–Kier alpha value is 1.18. The van der Waals surface area contributed by atoms with Crippen molar-refractivity contribution in [1.82, 2.24) is 0 Å². The number of nitrogens with two attached hydrogens (primary N) is 7. The van der Waals surface area contributed by atoms with Crippen molar-refractivity contribution in [1.29, 1.82) is 0 Å². The van der Waals surface area contributed by atoms with Gasteiger partial charge in [-0.05, 0) is 0 Å². The molecule has 14 N–H and O–H groups in total. The molecule has 0 fully saturated rings. The molecule has 0 unspecified atom stereocenters. The molecule has 0 aliphatic rings. The van der Waals surface area contributed by atoms with Gasteiger partial charge in [0.15, 0.2) is 5.91 Å². The van der Waals surface area contributed by atoms with Crippen molar-refractivity contribution in [2.75, 3.05) is 0 Å².